The van der Waals surface area contributed by atoms with Gasteiger partial charge >= 0.3 is 0 Å². The van der Waals surface area contributed by atoms with Gasteiger partial charge in [0.15, 0.2) is 0 Å². The monoisotopic (exact) mass is 326 g/mol. The molecule has 104 valence electrons. The normalized spacial score (nSPS) is 19.2. The zero-order chi connectivity index (χ0) is 13.8. The molecule has 1 amide bonds. The van der Waals surface area contributed by atoms with Gasteiger partial charge in [-0.05, 0) is 37.1 Å². The van der Waals surface area contributed by atoms with Crippen molar-refractivity contribution >= 4 is 27.5 Å². The Hall–Kier alpha value is -0.910. The molecule has 1 aromatic carbocycles. The summed E-state index contributed by atoms with van der Waals surface area (Å²) in [7, 11) is 0. The average molecular weight is 327 g/mol. The Morgan fingerprint density at radius 3 is 2.74 bits per heavy atom. The van der Waals surface area contributed by atoms with Crippen molar-refractivity contribution in [2.45, 2.75) is 26.4 Å². The summed E-state index contributed by atoms with van der Waals surface area (Å²) in [5, 5.41) is 6.15. The standard InChI is InChI=1S/C14H19BrN2O2/c1-9-5-11(6-10(2)14(9)15)17-13(18)7-12-8-16-3-4-19-12/h5-6,12,16H,3-4,7-8H2,1-2H3,(H,17,18). The van der Waals surface area contributed by atoms with Gasteiger partial charge in [-0.1, -0.05) is 15.9 Å². The number of aryl methyl sites for hydroxylation is 2. The van der Waals surface area contributed by atoms with E-state index in [1.807, 2.05) is 26.0 Å². The van der Waals surface area contributed by atoms with Crippen LogP contribution in [0.15, 0.2) is 16.6 Å². The van der Waals surface area contributed by atoms with Crippen molar-refractivity contribution in [2.75, 3.05) is 25.0 Å². The first-order valence-electron chi connectivity index (χ1n) is 6.45. The largest absolute Gasteiger partial charge is 0.375 e. The SMILES string of the molecule is Cc1cc(NC(=O)CC2CNCCO2)cc(C)c1Br. The van der Waals surface area contributed by atoms with E-state index in [0.29, 0.717) is 13.0 Å². The van der Waals surface area contributed by atoms with Gasteiger partial charge < -0.3 is 15.4 Å². The van der Waals surface area contributed by atoms with Gasteiger partial charge in [-0.3, -0.25) is 4.79 Å². The summed E-state index contributed by atoms with van der Waals surface area (Å²) in [5.74, 6) is -0.00479. The molecule has 0 aromatic heterocycles. The number of amides is 1. The van der Waals surface area contributed by atoms with Crippen LogP contribution in [-0.2, 0) is 9.53 Å². The fourth-order valence-electron chi connectivity index (χ4n) is 2.19. The second kappa shape index (κ2) is 6.50. The minimum Gasteiger partial charge on any atom is -0.375 e. The maximum Gasteiger partial charge on any atom is 0.227 e. The highest BCUT2D eigenvalue weighted by Gasteiger charge is 2.17. The molecule has 0 bridgehead atoms. The highest BCUT2D eigenvalue weighted by Crippen LogP contribution is 2.25. The van der Waals surface area contributed by atoms with E-state index in [2.05, 4.69) is 26.6 Å². The molecule has 1 aliphatic rings. The zero-order valence-corrected chi connectivity index (χ0v) is 12.8. The molecule has 1 saturated heterocycles. The van der Waals surface area contributed by atoms with Crippen LogP contribution < -0.4 is 10.6 Å². The van der Waals surface area contributed by atoms with E-state index in [9.17, 15) is 4.79 Å². The number of hydrogen-bond acceptors (Lipinski definition) is 3. The molecule has 1 aliphatic heterocycles. The summed E-state index contributed by atoms with van der Waals surface area (Å²) in [6.07, 6.45) is 0.368. The number of ether oxygens (including phenoxy) is 1. The topological polar surface area (TPSA) is 50.4 Å². The molecule has 1 unspecified atom stereocenters. The van der Waals surface area contributed by atoms with Crippen LogP contribution in [0.25, 0.3) is 0 Å². The van der Waals surface area contributed by atoms with Crippen molar-refractivity contribution in [3.63, 3.8) is 0 Å². The highest BCUT2D eigenvalue weighted by atomic mass is 79.9. The van der Waals surface area contributed by atoms with Gasteiger partial charge in [-0.25, -0.2) is 0 Å². The molecule has 2 N–H and O–H groups in total. The second-order valence-electron chi connectivity index (χ2n) is 4.87. The van der Waals surface area contributed by atoms with Gasteiger partial charge in [-0.2, -0.15) is 0 Å². The van der Waals surface area contributed by atoms with Crippen molar-refractivity contribution in [2.24, 2.45) is 0 Å². The van der Waals surface area contributed by atoms with Crippen molar-refractivity contribution < 1.29 is 9.53 Å². The minimum atomic E-state index is -0.0219. The molecule has 0 spiro atoms. The highest BCUT2D eigenvalue weighted by molar-refractivity contribution is 9.10. The minimum absolute atomic E-state index is 0.00479. The molecule has 19 heavy (non-hydrogen) atoms. The third kappa shape index (κ3) is 4.03. The molecule has 1 atom stereocenters. The molecule has 1 heterocycles. The molecule has 5 heteroatoms. The fourth-order valence-corrected chi connectivity index (χ4v) is 2.42. The summed E-state index contributed by atoms with van der Waals surface area (Å²) in [4.78, 5) is 12.0. The van der Waals surface area contributed by atoms with Gasteiger partial charge in [-0.15, -0.1) is 0 Å². The average Bonchev–Trinajstić information content (AvgIpc) is 2.37. The van der Waals surface area contributed by atoms with Crippen LogP contribution in [-0.4, -0.2) is 31.7 Å². The van der Waals surface area contributed by atoms with Crippen molar-refractivity contribution in [3.05, 3.63) is 27.7 Å². The quantitative estimate of drug-likeness (QED) is 0.896. The van der Waals surface area contributed by atoms with Gasteiger partial charge in [0, 0.05) is 23.2 Å². The van der Waals surface area contributed by atoms with Crippen LogP contribution >= 0.6 is 15.9 Å². The Morgan fingerprint density at radius 1 is 1.47 bits per heavy atom. The lowest BCUT2D eigenvalue weighted by Gasteiger charge is -2.23. The molecule has 0 radical (unpaired) electrons. The smallest absolute Gasteiger partial charge is 0.227 e. The number of carbonyl (C=O) groups is 1. The first-order valence-corrected chi connectivity index (χ1v) is 7.24. The molecule has 1 fully saturated rings. The van der Waals surface area contributed by atoms with Crippen LogP contribution in [0.5, 0.6) is 0 Å². The number of benzene rings is 1. The van der Waals surface area contributed by atoms with Crippen LogP contribution in [0.4, 0.5) is 5.69 Å². The molecule has 1 aromatic rings. The van der Waals surface area contributed by atoms with Gasteiger partial charge in [0.1, 0.15) is 0 Å². The predicted molar refractivity (Wildman–Crippen MR) is 79.5 cm³/mol. The number of hydrogen-bond donors (Lipinski definition) is 2. The summed E-state index contributed by atoms with van der Waals surface area (Å²) < 4.78 is 6.61. The third-order valence-corrected chi connectivity index (χ3v) is 4.39. The summed E-state index contributed by atoms with van der Waals surface area (Å²) in [6.45, 7) is 6.31. The molecule has 0 aliphatic carbocycles. The van der Waals surface area contributed by atoms with Crippen molar-refractivity contribution in [1.29, 1.82) is 0 Å². The Morgan fingerprint density at radius 2 is 2.16 bits per heavy atom. The van der Waals surface area contributed by atoms with Crippen molar-refractivity contribution in [1.82, 2.24) is 5.32 Å². The number of nitrogens with one attached hydrogen (secondary N) is 2. The molecule has 0 saturated carbocycles. The number of morpholine rings is 1. The molecular weight excluding hydrogens is 308 g/mol. The van der Waals surface area contributed by atoms with E-state index in [0.717, 1.165) is 34.4 Å². The van der Waals surface area contributed by atoms with E-state index >= 15 is 0 Å². The second-order valence-corrected chi connectivity index (χ2v) is 5.67. The van der Waals surface area contributed by atoms with Crippen LogP contribution in [0.3, 0.4) is 0 Å². The Labute approximate surface area is 122 Å². The first-order chi connectivity index (χ1) is 9.06. The lowest BCUT2D eigenvalue weighted by atomic mass is 10.1. The lowest BCUT2D eigenvalue weighted by Crippen LogP contribution is -2.40. The number of rotatable bonds is 3. The molecule has 2 rings (SSSR count). The Kier molecular flexibility index (Phi) is 4.96. The van der Waals surface area contributed by atoms with Crippen LogP contribution in [0, 0.1) is 13.8 Å². The molecular formula is C14H19BrN2O2. The van der Waals surface area contributed by atoms with Gasteiger partial charge in [0.05, 0.1) is 19.1 Å². The van der Waals surface area contributed by atoms with E-state index in [-0.39, 0.29) is 12.0 Å². The maximum atomic E-state index is 12.0. The van der Waals surface area contributed by atoms with E-state index in [1.54, 1.807) is 0 Å². The Balaban J connectivity index is 1.94. The fraction of sp³-hybridized carbons (Fsp3) is 0.500. The number of halogens is 1. The van der Waals surface area contributed by atoms with Gasteiger partial charge in [0.2, 0.25) is 5.91 Å². The lowest BCUT2D eigenvalue weighted by molar-refractivity contribution is -0.119. The third-order valence-electron chi connectivity index (χ3n) is 3.14. The van der Waals surface area contributed by atoms with E-state index in [1.165, 1.54) is 0 Å². The molecule has 4 nitrogen and oxygen atoms in total. The maximum absolute atomic E-state index is 12.0. The number of carbonyl (C=O) groups excluding carboxylic acids is 1. The zero-order valence-electron chi connectivity index (χ0n) is 11.3. The van der Waals surface area contributed by atoms with Crippen LogP contribution in [0.2, 0.25) is 0 Å². The van der Waals surface area contributed by atoms with Crippen LogP contribution in [0.1, 0.15) is 17.5 Å². The summed E-state index contributed by atoms with van der Waals surface area (Å²) in [5.41, 5.74) is 3.07. The van der Waals surface area contributed by atoms with Gasteiger partial charge in [0.25, 0.3) is 0 Å². The van der Waals surface area contributed by atoms with E-state index in [4.69, 9.17) is 4.74 Å². The summed E-state index contributed by atoms with van der Waals surface area (Å²) >= 11 is 3.52. The number of anilines is 1. The van der Waals surface area contributed by atoms with Crippen molar-refractivity contribution in [3.8, 4) is 0 Å². The Bertz CT molecular complexity index is 448. The first kappa shape index (κ1) is 14.5. The summed E-state index contributed by atoms with van der Waals surface area (Å²) in [6, 6.07) is 3.93. The van der Waals surface area contributed by atoms with E-state index < -0.39 is 0 Å². The predicted octanol–water partition coefficient (Wildman–Crippen LogP) is 2.38.